The Hall–Kier alpha value is -3.91. The molecule has 314 valence electrons. The second-order valence-electron chi connectivity index (χ2n) is 17.3. The molecule has 4 aromatic rings. The summed E-state index contributed by atoms with van der Waals surface area (Å²) in [4.78, 5) is 32.6. The number of phosphoric acid groups is 1. The minimum atomic E-state index is -4.07. The Morgan fingerprint density at radius 2 is 1.55 bits per heavy atom. The zero-order valence-electron chi connectivity index (χ0n) is 35.5. The number of carbonyl (C=O) groups is 2. The van der Waals surface area contributed by atoms with Crippen LogP contribution in [-0.4, -0.2) is 55.8 Å². The third-order valence-electron chi connectivity index (χ3n) is 8.67. The first-order valence-electron chi connectivity index (χ1n) is 19.3. The molecule has 0 spiro atoms. The zero-order chi connectivity index (χ0) is 42.8. The Labute approximate surface area is 350 Å². The molecule has 1 atom stereocenters. The van der Waals surface area contributed by atoms with Gasteiger partial charge < -0.3 is 15.4 Å². The highest BCUT2D eigenvalue weighted by atomic mass is 35.5. The van der Waals surface area contributed by atoms with Gasteiger partial charge in [0.05, 0.1) is 29.9 Å². The van der Waals surface area contributed by atoms with Crippen LogP contribution in [0, 0.1) is 20.8 Å². The van der Waals surface area contributed by atoms with E-state index < -0.39 is 36.8 Å². The maximum absolute atomic E-state index is 14.0. The molecule has 1 aliphatic rings. The van der Waals surface area contributed by atoms with E-state index in [1.165, 1.54) is 0 Å². The van der Waals surface area contributed by atoms with Crippen LogP contribution in [0.2, 0.25) is 5.02 Å². The zero-order valence-corrected chi connectivity index (χ0v) is 38.0. The molecule has 0 bridgehead atoms. The Kier molecular flexibility index (Phi) is 13.8. The number of ether oxygens (including phenoxy) is 1. The number of alkyl carbamates (subject to hydrolysis) is 1. The quantitative estimate of drug-likeness (QED) is 0.0987. The Morgan fingerprint density at radius 1 is 0.897 bits per heavy atom. The molecule has 58 heavy (non-hydrogen) atoms. The number of halogens is 1. The van der Waals surface area contributed by atoms with Crippen molar-refractivity contribution in [2.24, 2.45) is 4.99 Å². The number of aromatic nitrogens is 3. The van der Waals surface area contributed by atoms with Gasteiger partial charge in [0, 0.05) is 33.3 Å². The molecule has 2 amide bonds. The predicted octanol–water partition coefficient (Wildman–Crippen LogP) is 10.5. The summed E-state index contributed by atoms with van der Waals surface area (Å²) in [6.45, 7) is 22.3. The highest BCUT2D eigenvalue weighted by molar-refractivity contribution is 7.48. The van der Waals surface area contributed by atoms with Crippen molar-refractivity contribution in [2.45, 2.75) is 132 Å². The summed E-state index contributed by atoms with van der Waals surface area (Å²) >= 11 is 7.92. The van der Waals surface area contributed by atoms with Crippen molar-refractivity contribution in [2.75, 3.05) is 11.9 Å². The van der Waals surface area contributed by atoms with Gasteiger partial charge in [-0.1, -0.05) is 29.8 Å². The van der Waals surface area contributed by atoms with E-state index >= 15 is 0 Å². The molecular weight excluding hydrogens is 799 g/mol. The molecule has 0 radical (unpaired) electrons. The summed E-state index contributed by atoms with van der Waals surface area (Å²) in [6.07, 6.45) is 0.587. The standard InChI is InChI=1S/C42H56ClN6O7PS/c1-25-26(2)58-38-35(25)36(29-15-18-31(43)19-16-29)46-33(37-48-47-27(3)49(37)38)23-34(50)45-32-20-17-28(14-13-21-44-39(51)54-40(4,5)6)30(22-32)24-53-57(52,55-41(7,8)9)56-42(10,11)12/h15-20,22,33H,13-14,21,23-24H2,1-12H3,(H,44,51)(H,45,50)/t33-/m0/s1. The number of benzene rings is 2. The van der Waals surface area contributed by atoms with Gasteiger partial charge in [0.1, 0.15) is 22.5 Å². The smallest absolute Gasteiger partial charge is 0.444 e. The van der Waals surface area contributed by atoms with Gasteiger partial charge in [-0.3, -0.25) is 27.9 Å². The summed E-state index contributed by atoms with van der Waals surface area (Å²) < 4.78 is 39.1. The molecule has 2 aromatic carbocycles. The minimum Gasteiger partial charge on any atom is -0.444 e. The Balaban J connectivity index is 1.43. The van der Waals surface area contributed by atoms with Gasteiger partial charge in [-0.25, -0.2) is 9.36 Å². The van der Waals surface area contributed by atoms with E-state index in [1.807, 2.05) is 41.8 Å². The molecular formula is C42H56ClN6O7PS. The van der Waals surface area contributed by atoms with Crippen LogP contribution in [0.25, 0.3) is 5.00 Å². The predicted molar refractivity (Wildman–Crippen MR) is 230 cm³/mol. The lowest BCUT2D eigenvalue weighted by molar-refractivity contribution is -0.116. The molecule has 16 heteroatoms. The number of amides is 2. The minimum absolute atomic E-state index is 0.0276. The van der Waals surface area contributed by atoms with Crippen molar-refractivity contribution in [3.8, 4) is 5.00 Å². The number of hydrogen-bond donors (Lipinski definition) is 2. The maximum Gasteiger partial charge on any atom is 0.476 e. The molecule has 2 aromatic heterocycles. The van der Waals surface area contributed by atoms with Gasteiger partial charge in [-0.15, -0.1) is 21.5 Å². The molecule has 0 unspecified atom stereocenters. The number of fused-ring (bicyclic) bond motifs is 3. The summed E-state index contributed by atoms with van der Waals surface area (Å²) in [5.74, 6) is 0.964. The SMILES string of the molecule is Cc1sc2c(c1C)C(c1ccc(Cl)cc1)=N[C@@H](CC(=O)Nc1ccc(CCCNC(=O)OC(C)(C)C)c(COP(=O)(OC(C)(C)C)OC(C)(C)C)c1)c1nnc(C)n1-2. The lowest BCUT2D eigenvalue weighted by Gasteiger charge is -2.31. The first-order chi connectivity index (χ1) is 26.9. The van der Waals surface area contributed by atoms with Crippen molar-refractivity contribution in [1.29, 1.82) is 0 Å². The number of carbonyl (C=O) groups excluding carboxylic acids is 2. The van der Waals surface area contributed by atoms with E-state index in [9.17, 15) is 14.2 Å². The molecule has 0 saturated heterocycles. The largest absolute Gasteiger partial charge is 0.476 e. The molecule has 0 fully saturated rings. The van der Waals surface area contributed by atoms with Crippen molar-refractivity contribution in [3.05, 3.63) is 91.8 Å². The third kappa shape index (κ3) is 12.1. The molecule has 13 nitrogen and oxygen atoms in total. The Bertz CT molecular complexity index is 2190. The van der Waals surface area contributed by atoms with Crippen molar-refractivity contribution < 1.29 is 32.5 Å². The fraction of sp³-hybridized carbons (Fsp3) is 0.500. The van der Waals surface area contributed by atoms with Crippen molar-refractivity contribution >= 4 is 54.2 Å². The number of nitrogens with one attached hydrogen (secondary N) is 2. The molecule has 3 heterocycles. The summed E-state index contributed by atoms with van der Waals surface area (Å²) in [7, 11) is -4.07. The third-order valence-corrected chi connectivity index (χ3v) is 12.1. The number of hydrogen-bond acceptors (Lipinski definition) is 11. The van der Waals surface area contributed by atoms with E-state index in [0.717, 1.165) is 37.8 Å². The number of aliphatic imine (C=N–C) groups is 1. The Morgan fingerprint density at radius 3 is 2.17 bits per heavy atom. The average molecular weight is 855 g/mol. The van der Waals surface area contributed by atoms with Gasteiger partial charge in [-0.2, -0.15) is 0 Å². The average Bonchev–Trinajstić information content (AvgIpc) is 3.56. The van der Waals surface area contributed by atoms with Crippen LogP contribution < -0.4 is 10.6 Å². The topological polar surface area (TPSA) is 155 Å². The maximum atomic E-state index is 14.0. The summed E-state index contributed by atoms with van der Waals surface area (Å²) in [5.41, 5.74) is 3.45. The van der Waals surface area contributed by atoms with E-state index in [0.29, 0.717) is 47.3 Å². The molecule has 0 aliphatic carbocycles. The second-order valence-corrected chi connectivity index (χ2v) is 20.5. The monoisotopic (exact) mass is 854 g/mol. The first-order valence-corrected chi connectivity index (χ1v) is 22.0. The number of thiophene rings is 1. The van der Waals surface area contributed by atoms with Gasteiger partial charge in [0.15, 0.2) is 5.82 Å². The number of nitrogens with zero attached hydrogens (tertiary/aromatic N) is 4. The van der Waals surface area contributed by atoms with Crippen molar-refractivity contribution in [1.82, 2.24) is 20.1 Å². The highest BCUT2D eigenvalue weighted by Crippen LogP contribution is 2.56. The fourth-order valence-corrected chi connectivity index (χ4v) is 9.40. The number of aryl methyl sites for hydroxylation is 3. The van der Waals surface area contributed by atoms with Gasteiger partial charge >= 0.3 is 13.9 Å². The van der Waals surface area contributed by atoms with Crippen LogP contribution in [0.1, 0.15) is 126 Å². The fourth-order valence-electron chi connectivity index (χ4n) is 6.28. The van der Waals surface area contributed by atoms with Gasteiger partial charge in [0.25, 0.3) is 0 Å². The van der Waals surface area contributed by atoms with Crippen LogP contribution in [0.15, 0.2) is 47.5 Å². The second kappa shape index (κ2) is 17.7. The van der Waals surface area contributed by atoms with E-state index in [-0.39, 0.29) is 18.9 Å². The lowest BCUT2D eigenvalue weighted by Crippen LogP contribution is -2.33. The molecule has 2 N–H and O–H groups in total. The van der Waals surface area contributed by atoms with Crippen molar-refractivity contribution in [3.63, 3.8) is 0 Å². The summed E-state index contributed by atoms with van der Waals surface area (Å²) in [5, 5.41) is 16.3. The number of phosphoric ester groups is 1. The number of rotatable bonds is 13. The van der Waals surface area contributed by atoms with E-state index in [2.05, 4.69) is 34.7 Å². The normalized spacial score (nSPS) is 14.6. The molecule has 5 rings (SSSR count). The van der Waals surface area contributed by atoms with Gasteiger partial charge in [0.2, 0.25) is 5.91 Å². The van der Waals surface area contributed by atoms with E-state index in [1.54, 1.807) is 85.8 Å². The van der Waals surface area contributed by atoms with Gasteiger partial charge in [-0.05, 0) is 137 Å². The van der Waals surface area contributed by atoms with Crippen LogP contribution in [-0.2, 0) is 40.7 Å². The van der Waals surface area contributed by atoms with Crippen LogP contribution in [0.5, 0.6) is 0 Å². The summed E-state index contributed by atoms with van der Waals surface area (Å²) in [6, 6.07) is 12.3. The number of anilines is 1. The molecule has 1 aliphatic heterocycles. The van der Waals surface area contributed by atoms with Crippen LogP contribution >= 0.6 is 30.8 Å². The highest BCUT2D eigenvalue weighted by Gasteiger charge is 2.38. The van der Waals surface area contributed by atoms with Crippen LogP contribution in [0.4, 0.5) is 10.5 Å². The van der Waals surface area contributed by atoms with E-state index in [4.69, 9.17) is 34.9 Å². The first kappa shape index (κ1) is 45.2. The van der Waals surface area contributed by atoms with Crippen LogP contribution in [0.3, 0.4) is 0 Å². The lowest BCUT2D eigenvalue weighted by atomic mass is 9.99. The molecule has 0 saturated carbocycles.